The Bertz CT molecular complexity index is 439. The predicted molar refractivity (Wildman–Crippen MR) is 114 cm³/mol. The first kappa shape index (κ1) is 29.7. The maximum Gasteiger partial charge on any atom is 0.306 e. The molecule has 10 nitrogen and oxygen atoms in total. The average molecular weight is 452 g/mol. The van der Waals surface area contributed by atoms with Gasteiger partial charge < -0.3 is 28.8 Å². The van der Waals surface area contributed by atoms with Crippen LogP contribution in [0.5, 0.6) is 0 Å². The van der Waals surface area contributed by atoms with E-state index in [-0.39, 0.29) is 24.6 Å². The van der Waals surface area contributed by atoms with E-state index < -0.39 is 5.97 Å². The minimum Gasteiger partial charge on any atom is -0.481 e. The van der Waals surface area contributed by atoms with E-state index in [0.717, 1.165) is 32.1 Å². The number of nitrogens with zero attached hydrogens (tertiary/aromatic N) is 1. The number of esters is 1. The highest BCUT2D eigenvalue weighted by molar-refractivity contribution is 5.69. The lowest BCUT2D eigenvalue weighted by Crippen LogP contribution is -2.36. The maximum absolute atomic E-state index is 11.9. The first-order chi connectivity index (χ1) is 15.0. The van der Waals surface area contributed by atoms with E-state index in [9.17, 15) is 9.59 Å². The number of aliphatic carboxylic acids is 1. The lowest BCUT2D eigenvalue weighted by atomic mass is 10.1. The van der Waals surface area contributed by atoms with Crippen molar-refractivity contribution in [3.63, 3.8) is 0 Å². The fraction of sp³-hybridized carbons (Fsp3) is 0.905. The van der Waals surface area contributed by atoms with Crippen molar-refractivity contribution in [2.45, 2.75) is 57.2 Å². The second-order valence-corrected chi connectivity index (χ2v) is 7.25. The molecule has 0 rings (SSSR count). The molecule has 10 heteroatoms. The second-order valence-electron chi connectivity index (χ2n) is 7.25. The quantitative estimate of drug-likeness (QED) is 0.149. The van der Waals surface area contributed by atoms with E-state index >= 15 is 0 Å². The molecule has 0 saturated carbocycles. The monoisotopic (exact) mass is 451 g/mol. The third-order valence-corrected chi connectivity index (χ3v) is 4.37. The molecule has 0 bridgehead atoms. The van der Waals surface area contributed by atoms with Crippen LogP contribution in [0.25, 0.3) is 0 Å². The maximum atomic E-state index is 11.9. The van der Waals surface area contributed by atoms with Gasteiger partial charge in [0, 0.05) is 47.9 Å². The van der Waals surface area contributed by atoms with Crippen LogP contribution in [0.1, 0.15) is 44.9 Å². The minimum atomic E-state index is -0.867. The largest absolute Gasteiger partial charge is 0.481 e. The van der Waals surface area contributed by atoms with Crippen molar-refractivity contribution in [3.8, 4) is 0 Å². The molecule has 0 aromatic carbocycles. The number of methoxy groups -OCH3 is 4. The van der Waals surface area contributed by atoms with Crippen LogP contribution >= 0.6 is 0 Å². The van der Waals surface area contributed by atoms with Crippen molar-refractivity contribution in [1.29, 1.82) is 0 Å². The van der Waals surface area contributed by atoms with Crippen molar-refractivity contribution < 1.29 is 43.2 Å². The summed E-state index contributed by atoms with van der Waals surface area (Å²) in [6, 6.07) is 0. The smallest absolute Gasteiger partial charge is 0.306 e. The van der Waals surface area contributed by atoms with Gasteiger partial charge in [0.15, 0.2) is 0 Å². The molecule has 0 unspecified atom stereocenters. The van der Waals surface area contributed by atoms with Gasteiger partial charge in [-0.15, -0.1) is 0 Å². The minimum absolute atomic E-state index is 0.00192. The standard InChI is InChI=1S/C21H41NO9/c1-26-14-18(15-27-2)30-21(25)10-8-6-5-7-9-12-22(13-11-20(23)24)31-19(16-28-3)17-29-4/h18-19H,5-17H2,1-4H3,(H,23,24). The summed E-state index contributed by atoms with van der Waals surface area (Å²) in [5.74, 6) is -1.11. The van der Waals surface area contributed by atoms with Crippen LogP contribution in [0.3, 0.4) is 0 Å². The van der Waals surface area contributed by atoms with Crippen molar-refractivity contribution in [1.82, 2.24) is 5.06 Å². The summed E-state index contributed by atoms with van der Waals surface area (Å²) in [7, 11) is 6.27. The van der Waals surface area contributed by atoms with Crippen LogP contribution in [0.4, 0.5) is 0 Å². The molecule has 0 fully saturated rings. The number of rotatable bonds is 22. The Hall–Kier alpha value is -1.30. The van der Waals surface area contributed by atoms with Gasteiger partial charge in [0.1, 0.15) is 12.2 Å². The molecule has 0 aliphatic rings. The molecule has 0 saturated heterocycles. The number of carboxylic acids is 1. The topological polar surface area (TPSA) is 113 Å². The van der Waals surface area contributed by atoms with Crippen molar-refractivity contribution in [2.75, 3.05) is 68.0 Å². The summed E-state index contributed by atoms with van der Waals surface area (Å²) in [6.07, 6.45) is 4.18. The highest BCUT2D eigenvalue weighted by atomic mass is 16.7. The first-order valence-electron chi connectivity index (χ1n) is 10.8. The van der Waals surface area contributed by atoms with Gasteiger partial charge >= 0.3 is 11.9 Å². The highest BCUT2D eigenvalue weighted by Gasteiger charge is 2.16. The molecule has 0 aliphatic heterocycles. The molecular weight excluding hydrogens is 410 g/mol. The third-order valence-electron chi connectivity index (χ3n) is 4.37. The molecular formula is C21H41NO9. The molecule has 1 N–H and O–H groups in total. The number of ether oxygens (including phenoxy) is 5. The van der Waals surface area contributed by atoms with E-state index in [2.05, 4.69) is 0 Å². The van der Waals surface area contributed by atoms with Crippen LogP contribution in [0.2, 0.25) is 0 Å². The zero-order valence-corrected chi connectivity index (χ0v) is 19.5. The molecule has 0 heterocycles. The molecule has 0 aromatic rings. The Labute approximate surface area is 186 Å². The number of hydroxylamine groups is 2. The molecule has 0 atom stereocenters. The summed E-state index contributed by atoms with van der Waals surface area (Å²) in [5.41, 5.74) is 0. The van der Waals surface area contributed by atoms with Gasteiger partial charge in [-0.1, -0.05) is 19.3 Å². The predicted octanol–water partition coefficient (Wildman–Crippen LogP) is 1.90. The van der Waals surface area contributed by atoms with Crippen LogP contribution < -0.4 is 0 Å². The number of carbonyl (C=O) groups excluding carboxylic acids is 1. The fourth-order valence-corrected chi connectivity index (χ4v) is 2.95. The zero-order chi connectivity index (χ0) is 23.3. The second kappa shape index (κ2) is 20.6. The third kappa shape index (κ3) is 18.0. The van der Waals surface area contributed by atoms with Gasteiger partial charge in [0.25, 0.3) is 0 Å². The van der Waals surface area contributed by atoms with Crippen LogP contribution in [0, 0.1) is 0 Å². The summed E-state index contributed by atoms with van der Waals surface area (Å²) in [5, 5.41) is 10.6. The van der Waals surface area contributed by atoms with Crippen LogP contribution in [0.15, 0.2) is 0 Å². The molecule has 0 aliphatic carbocycles. The van der Waals surface area contributed by atoms with E-state index in [1.54, 1.807) is 33.5 Å². The molecule has 31 heavy (non-hydrogen) atoms. The number of hydrogen-bond donors (Lipinski definition) is 1. The summed E-state index contributed by atoms with van der Waals surface area (Å²) in [6.45, 7) is 2.28. The normalized spacial score (nSPS) is 11.6. The first-order valence-corrected chi connectivity index (χ1v) is 10.8. The SMILES string of the molecule is COCC(COC)OC(=O)CCCCCCCN(CCC(=O)O)OC(COC)COC. The molecule has 0 amide bonds. The van der Waals surface area contributed by atoms with Crippen LogP contribution in [-0.2, 0) is 38.1 Å². The number of carboxylic acid groups (broad SMARTS) is 1. The Kier molecular flexibility index (Phi) is 19.7. The lowest BCUT2D eigenvalue weighted by Gasteiger charge is -2.26. The van der Waals surface area contributed by atoms with Gasteiger partial charge in [0.05, 0.1) is 32.8 Å². The van der Waals surface area contributed by atoms with E-state index in [4.69, 9.17) is 33.6 Å². The van der Waals surface area contributed by atoms with E-state index in [1.807, 2.05) is 0 Å². The van der Waals surface area contributed by atoms with Crippen molar-refractivity contribution in [3.05, 3.63) is 0 Å². The summed E-state index contributed by atoms with van der Waals surface area (Å²) >= 11 is 0. The van der Waals surface area contributed by atoms with E-state index in [0.29, 0.717) is 45.9 Å². The van der Waals surface area contributed by atoms with Gasteiger partial charge in [-0.05, 0) is 12.8 Å². The highest BCUT2D eigenvalue weighted by Crippen LogP contribution is 2.10. The number of carbonyl (C=O) groups is 2. The lowest BCUT2D eigenvalue weighted by molar-refractivity contribution is -0.221. The molecule has 184 valence electrons. The zero-order valence-electron chi connectivity index (χ0n) is 19.5. The van der Waals surface area contributed by atoms with Gasteiger partial charge in [-0.25, -0.2) is 0 Å². The Morgan fingerprint density at radius 2 is 1.23 bits per heavy atom. The Balaban J connectivity index is 4.10. The van der Waals surface area contributed by atoms with Gasteiger partial charge in [-0.2, -0.15) is 5.06 Å². The summed E-state index contributed by atoms with van der Waals surface area (Å²) in [4.78, 5) is 28.6. The average Bonchev–Trinajstić information content (AvgIpc) is 2.71. The van der Waals surface area contributed by atoms with Gasteiger partial charge in [0.2, 0.25) is 0 Å². The van der Waals surface area contributed by atoms with E-state index in [1.165, 1.54) is 0 Å². The fourth-order valence-electron chi connectivity index (χ4n) is 2.95. The number of hydrogen-bond acceptors (Lipinski definition) is 9. The number of unbranched alkanes of at least 4 members (excludes halogenated alkanes) is 4. The van der Waals surface area contributed by atoms with Gasteiger partial charge in [-0.3, -0.25) is 14.4 Å². The Morgan fingerprint density at radius 1 is 0.710 bits per heavy atom. The Morgan fingerprint density at radius 3 is 1.77 bits per heavy atom. The van der Waals surface area contributed by atoms with Crippen LogP contribution in [-0.4, -0.2) is 102 Å². The van der Waals surface area contributed by atoms with Crippen molar-refractivity contribution >= 4 is 11.9 Å². The van der Waals surface area contributed by atoms with Crippen molar-refractivity contribution in [2.24, 2.45) is 0 Å². The molecule has 0 spiro atoms. The summed E-state index contributed by atoms with van der Waals surface area (Å²) < 4.78 is 25.6. The molecule has 0 radical (unpaired) electrons. The molecule has 0 aromatic heterocycles.